The van der Waals surface area contributed by atoms with Crippen molar-refractivity contribution in [2.45, 2.75) is 64.7 Å². The van der Waals surface area contributed by atoms with E-state index in [2.05, 4.69) is 20.5 Å². The molecule has 1 saturated heterocycles. The largest absolute Gasteiger partial charge is 0.496 e. The first kappa shape index (κ1) is 23.8. The molecule has 32 heavy (non-hydrogen) atoms. The zero-order valence-electron chi connectivity index (χ0n) is 19.8. The van der Waals surface area contributed by atoms with Crippen molar-refractivity contribution in [2.24, 2.45) is 0 Å². The Morgan fingerprint density at radius 2 is 1.84 bits per heavy atom. The van der Waals surface area contributed by atoms with Crippen molar-refractivity contribution in [1.29, 1.82) is 0 Å². The van der Waals surface area contributed by atoms with Crippen LogP contribution in [0.5, 0.6) is 17.2 Å². The molecule has 9 nitrogen and oxygen atoms in total. The number of methoxy groups -OCH3 is 3. The van der Waals surface area contributed by atoms with Gasteiger partial charge in [0.05, 0.1) is 27.5 Å². The molecule has 9 heteroatoms. The maximum absolute atomic E-state index is 12.1. The van der Waals surface area contributed by atoms with Crippen LogP contribution in [-0.2, 0) is 13.1 Å². The van der Waals surface area contributed by atoms with Gasteiger partial charge in [-0.15, -0.1) is 5.10 Å². The van der Waals surface area contributed by atoms with E-state index in [0.717, 1.165) is 37.2 Å². The van der Waals surface area contributed by atoms with Gasteiger partial charge in [-0.2, -0.15) is 0 Å². The molecule has 1 aromatic heterocycles. The molecule has 1 amide bonds. The molecule has 1 fully saturated rings. The van der Waals surface area contributed by atoms with Gasteiger partial charge in [-0.3, -0.25) is 14.4 Å². The molecule has 1 atom stereocenters. The number of amides is 1. The van der Waals surface area contributed by atoms with Crippen LogP contribution < -0.4 is 19.5 Å². The summed E-state index contributed by atoms with van der Waals surface area (Å²) in [7, 11) is 4.95. The van der Waals surface area contributed by atoms with Crippen LogP contribution in [0.3, 0.4) is 0 Å². The number of piperidine rings is 1. The van der Waals surface area contributed by atoms with Gasteiger partial charge in [0.2, 0.25) is 0 Å². The molecule has 0 spiro atoms. The summed E-state index contributed by atoms with van der Waals surface area (Å²) < 4.78 is 18.3. The lowest BCUT2D eigenvalue weighted by Crippen LogP contribution is -2.39. The predicted molar refractivity (Wildman–Crippen MR) is 121 cm³/mol. The normalized spacial score (nSPS) is 16.8. The topological polar surface area (TPSA) is 90.7 Å². The third kappa shape index (κ3) is 5.91. The number of nitrogens with one attached hydrogen (secondary N) is 1. The molecule has 1 aromatic carbocycles. The number of hydrogen-bond acceptors (Lipinski definition) is 7. The van der Waals surface area contributed by atoms with Gasteiger partial charge in [0, 0.05) is 36.8 Å². The van der Waals surface area contributed by atoms with Crippen LogP contribution in [-0.4, -0.2) is 65.8 Å². The Labute approximate surface area is 190 Å². The fourth-order valence-corrected chi connectivity index (χ4v) is 4.16. The first-order chi connectivity index (χ1) is 15.4. The zero-order chi connectivity index (χ0) is 23.1. The molecular weight excluding hydrogens is 410 g/mol. The molecule has 3 rings (SSSR count). The lowest BCUT2D eigenvalue weighted by Gasteiger charge is -2.36. The minimum Gasteiger partial charge on any atom is -0.496 e. The molecule has 0 bridgehead atoms. The van der Waals surface area contributed by atoms with Crippen molar-refractivity contribution in [3.05, 3.63) is 29.6 Å². The second-order valence-corrected chi connectivity index (χ2v) is 8.42. The highest BCUT2D eigenvalue weighted by atomic mass is 16.5. The van der Waals surface area contributed by atoms with Crippen LogP contribution in [0.4, 0.5) is 0 Å². The molecule has 1 aliphatic heterocycles. The molecular formula is C23H35N5O4. The van der Waals surface area contributed by atoms with E-state index >= 15 is 0 Å². The predicted octanol–water partition coefficient (Wildman–Crippen LogP) is 2.89. The van der Waals surface area contributed by atoms with E-state index in [0.29, 0.717) is 29.8 Å². The molecule has 2 aromatic rings. The van der Waals surface area contributed by atoms with Crippen LogP contribution in [0.2, 0.25) is 0 Å². The monoisotopic (exact) mass is 445 g/mol. The summed E-state index contributed by atoms with van der Waals surface area (Å²) in [5.74, 6) is 1.97. The number of carbonyl (C=O) groups is 1. The minimum atomic E-state index is -0.189. The van der Waals surface area contributed by atoms with Crippen LogP contribution >= 0.6 is 0 Å². The molecule has 0 aliphatic carbocycles. The molecule has 1 N–H and O–H groups in total. The maximum Gasteiger partial charge on any atom is 0.273 e. The number of benzene rings is 1. The minimum absolute atomic E-state index is 0.0667. The van der Waals surface area contributed by atoms with Crippen LogP contribution in [0.15, 0.2) is 18.3 Å². The van der Waals surface area contributed by atoms with Crippen molar-refractivity contribution in [3.8, 4) is 17.2 Å². The lowest BCUT2D eigenvalue weighted by molar-refractivity contribution is 0.0938. The van der Waals surface area contributed by atoms with Gasteiger partial charge in [-0.05, 0) is 45.7 Å². The van der Waals surface area contributed by atoms with Crippen molar-refractivity contribution in [1.82, 2.24) is 25.2 Å². The van der Waals surface area contributed by atoms with E-state index in [-0.39, 0.29) is 11.9 Å². The summed E-state index contributed by atoms with van der Waals surface area (Å²) in [6, 6.07) is 4.36. The standard InChI is InChI=1S/C23H35N5O4/c1-16(2)24-23(29)19-15-28(26-25-19)11-9-18-8-6-7-10-27(18)14-17-12-21(31-4)22(32-5)13-20(17)30-3/h12-13,15-16,18H,6-11,14H2,1-5H3,(H,24,29)/t18-/m1/s1. The summed E-state index contributed by atoms with van der Waals surface area (Å²) >= 11 is 0. The summed E-state index contributed by atoms with van der Waals surface area (Å²) in [4.78, 5) is 14.6. The van der Waals surface area contributed by atoms with Gasteiger partial charge < -0.3 is 19.5 Å². The Bertz CT molecular complexity index is 899. The number of ether oxygens (including phenoxy) is 3. The van der Waals surface area contributed by atoms with Crippen LogP contribution in [0, 0.1) is 0 Å². The number of aromatic nitrogens is 3. The van der Waals surface area contributed by atoms with Crippen molar-refractivity contribution in [2.75, 3.05) is 27.9 Å². The van der Waals surface area contributed by atoms with Crippen molar-refractivity contribution >= 4 is 5.91 Å². The van der Waals surface area contributed by atoms with Gasteiger partial charge in [0.15, 0.2) is 17.2 Å². The third-order valence-corrected chi connectivity index (χ3v) is 5.79. The Hall–Kier alpha value is -2.81. The van der Waals surface area contributed by atoms with Crippen LogP contribution in [0.1, 0.15) is 55.6 Å². The molecule has 0 radical (unpaired) electrons. The highest BCUT2D eigenvalue weighted by molar-refractivity contribution is 5.91. The Kier molecular flexibility index (Phi) is 8.33. The second-order valence-electron chi connectivity index (χ2n) is 8.42. The molecule has 1 aliphatic rings. The third-order valence-electron chi connectivity index (χ3n) is 5.79. The van der Waals surface area contributed by atoms with E-state index in [4.69, 9.17) is 14.2 Å². The number of hydrogen-bond donors (Lipinski definition) is 1. The van der Waals surface area contributed by atoms with Gasteiger partial charge in [-0.25, -0.2) is 0 Å². The quantitative estimate of drug-likeness (QED) is 0.601. The maximum atomic E-state index is 12.1. The fraction of sp³-hybridized carbons (Fsp3) is 0.609. The van der Waals surface area contributed by atoms with Crippen LogP contribution in [0.25, 0.3) is 0 Å². The first-order valence-corrected chi connectivity index (χ1v) is 11.2. The lowest BCUT2D eigenvalue weighted by atomic mass is 9.98. The average Bonchev–Trinajstić information content (AvgIpc) is 3.27. The van der Waals surface area contributed by atoms with Gasteiger partial charge >= 0.3 is 0 Å². The van der Waals surface area contributed by atoms with E-state index in [9.17, 15) is 4.79 Å². The summed E-state index contributed by atoms with van der Waals surface area (Å²) in [6.45, 7) is 6.36. The number of rotatable bonds is 10. The van der Waals surface area contributed by atoms with Crippen molar-refractivity contribution in [3.63, 3.8) is 0 Å². The first-order valence-electron chi connectivity index (χ1n) is 11.2. The Morgan fingerprint density at radius 1 is 1.12 bits per heavy atom. The molecule has 0 saturated carbocycles. The summed E-state index contributed by atoms with van der Waals surface area (Å²) in [5.41, 5.74) is 1.43. The van der Waals surface area contributed by atoms with E-state index in [1.54, 1.807) is 32.2 Å². The fourth-order valence-electron chi connectivity index (χ4n) is 4.16. The van der Waals surface area contributed by atoms with E-state index in [1.807, 2.05) is 26.0 Å². The van der Waals surface area contributed by atoms with Crippen molar-refractivity contribution < 1.29 is 19.0 Å². The Morgan fingerprint density at radius 3 is 2.53 bits per heavy atom. The highest BCUT2D eigenvalue weighted by Crippen LogP contribution is 2.36. The SMILES string of the molecule is COc1cc(OC)c(OC)cc1CN1CCCC[C@@H]1CCn1cc(C(=O)NC(C)C)nn1. The van der Waals surface area contributed by atoms with E-state index in [1.165, 1.54) is 12.8 Å². The number of nitrogens with zero attached hydrogens (tertiary/aromatic N) is 4. The number of likely N-dealkylation sites (tertiary alicyclic amines) is 1. The van der Waals surface area contributed by atoms with Gasteiger partial charge in [-0.1, -0.05) is 11.6 Å². The summed E-state index contributed by atoms with van der Waals surface area (Å²) in [6.07, 6.45) is 6.18. The Balaban J connectivity index is 1.67. The molecule has 176 valence electrons. The zero-order valence-corrected chi connectivity index (χ0v) is 19.8. The smallest absolute Gasteiger partial charge is 0.273 e. The second kappa shape index (κ2) is 11.2. The molecule has 2 heterocycles. The van der Waals surface area contributed by atoms with E-state index < -0.39 is 0 Å². The molecule has 0 unspecified atom stereocenters. The average molecular weight is 446 g/mol. The van der Waals surface area contributed by atoms with Gasteiger partial charge in [0.1, 0.15) is 5.75 Å². The van der Waals surface area contributed by atoms with Gasteiger partial charge in [0.25, 0.3) is 5.91 Å². The highest BCUT2D eigenvalue weighted by Gasteiger charge is 2.24. The number of carbonyl (C=O) groups excluding carboxylic acids is 1. The summed E-state index contributed by atoms with van der Waals surface area (Å²) in [5, 5.41) is 11.0. The number of aryl methyl sites for hydroxylation is 1.